The monoisotopic (exact) mass is 357 g/mol. The van der Waals surface area contributed by atoms with Crippen LogP contribution in [0.4, 0.5) is 5.69 Å². The number of piperazine rings is 1. The van der Waals surface area contributed by atoms with Crippen LogP contribution in [0.5, 0.6) is 0 Å². The molecule has 1 heterocycles. The molecule has 142 valence electrons. The van der Waals surface area contributed by atoms with Gasteiger partial charge in [0.1, 0.15) is 0 Å². The van der Waals surface area contributed by atoms with Crippen LogP contribution in [0.1, 0.15) is 38.2 Å². The van der Waals surface area contributed by atoms with E-state index in [1.165, 1.54) is 5.56 Å². The molecule has 2 amide bonds. The first-order valence-electron chi connectivity index (χ1n) is 9.95. The Kier molecular flexibility index (Phi) is 6.30. The maximum Gasteiger partial charge on any atom is 0.227 e. The predicted octanol–water partition coefficient (Wildman–Crippen LogP) is 2.90. The molecule has 0 atom stereocenters. The van der Waals surface area contributed by atoms with Gasteiger partial charge in [-0.3, -0.25) is 9.59 Å². The molecule has 0 spiro atoms. The predicted molar refractivity (Wildman–Crippen MR) is 104 cm³/mol. The topological polar surface area (TPSA) is 52.7 Å². The number of amides is 2. The third-order valence-electron chi connectivity index (χ3n) is 5.90. The summed E-state index contributed by atoms with van der Waals surface area (Å²) in [5, 5.41) is 3.02. The van der Waals surface area contributed by atoms with Gasteiger partial charge in [0.15, 0.2) is 0 Å². The zero-order chi connectivity index (χ0) is 18.5. The van der Waals surface area contributed by atoms with Gasteiger partial charge in [0, 0.05) is 43.7 Å². The van der Waals surface area contributed by atoms with Crippen LogP contribution in [-0.4, -0.2) is 54.3 Å². The number of carbonyl (C=O) groups excluding carboxylic acids is 2. The Morgan fingerprint density at radius 1 is 0.962 bits per heavy atom. The third kappa shape index (κ3) is 4.64. The molecular weight excluding hydrogens is 326 g/mol. The van der Waals surface area contributed by atoms with Crippen molar-refractivity contribution in [3.05, 3.63) is 29.8 Å². The largest absolute Gasteiger partial charge is 0.340 e. The van der Waals surface area contributed by atoms with E-state index in [0.717, 1.165) is 64.1 Å². The van der Waals surface area contributed by atoms with Crippen molar-refractivity contribution in [3.63, 3.8) is 0 Å². The Labute approximate surface area is 156 Å². The van der Waals surface area contributed by atoms with E-state index >= 15 is 0 Å². The van der Waals surface area contributed by atoms with Crippen LogP contribution in [0.25, 0.3) is 0 Å². The van der Waals surface area contributed by atoms with Crippen molar-refractivity contribution < 1.29 is 9.59 Å². The van der Waals surface area contributed by atoms with Crippen LogP contribution in [0.3, 0.4) is 0 Å². The first-order valence-corrected chi connectivity index (χ1v) is 9.95. The Bertz CT molecular complexity index is 613. The minimum atomic E-state index is 0.0253. The molecule has 2 aliphatic rings. The number of benzene rings is 1. The molecule has 0 bridgehead atoms. The molecule has 1 aliphatic heterocycles. The minimum absolute atomic E-state index is 0.0253. The first kappa shape index (κ1) is 18.9. The zero-order valence-electron chi connectivity index (χ0n) is 16.0. The average molecular weight is 357 g/mol. The van der Waals surface area contributed by atoms with Gasteiger partial charge in [0.2, 0.25) is 11.8 Å². The van der Waals surface area contributed by atoms with Crippen molar-refractivity contribution in [2.75, 3.05) is 38.0 Å². The van der Waals surface area contributed by atoms with E-state index in [2.05, 4.69) is 17.1 Å². The maximum absolute atomic E-state index is 12.8. The maximum atomic E-state index is 12.8. The van der Waals surface area contributed by atoms with E-state index < -0.39 is 0 Å². The lowest BCUT2D eigenvalue weighted by molar-refractivity contribution is -0.139. The lowest BCUT2D eigenvalue weighted by Crippen LogP contribution is -2.50. The molecule has 0 radical (unpaired) electrons. The van der Waals surface area contributed by atoms with Crippen LogP contribution in [0.15, 0.2) is 24.3 Å². The van der Waals surface area contributed by atoms with E-state index in [9.17, 15) is 9.59 Å². The van der Waals surface area contributed by atoms with Gasteiger partial charge in [-0.2, -0.15) is 0 Å². The van der Waals surface area contributed by atoms with E-state index in [4.69, 9.17) is 0 Å². The fraction of sp³-hybridized carbons (Fsp3) is 0.619. The van der Waals surface area contributed by atoms with E-state index in [-0.39, 0.29) is 17.7 Å². The average Bonchev–Trinajstić information content (AvgIpc) is 2.69. The summed E-state index contributed by atoms with van der Waals surface area (Å²) in [6, 6.07) is 7.89. The Morgan fingerprint density at radius 2 is 1.54 bits per heavy atom. The Balaban J connectivity index is 1.45. The van der Waals surface area contributed by atoms with Gasteiger partial charge in [0.25, 0.3) is 0 Å². The van der Waals surface area contributed by atoms with Gasteiger partial charge in [0.05, 0.1) is 0 Å². The van der Waals surface area contributed by atoms with Gasteiger partial charge in [-0.05, 0) is 51.3 Å². The van der Waals surface area contributed by atoms with Gasteiger partial charge < -0.3 is 15.1 Å². The summed E-state index contributed by atoms with van der Waals surface area (Å²) in [4.78, 5) is 29.7. The van der Waals surface area contributed by atoms with Crippen LogP contribution >= 0.6 is 0 Å². The molecule has 1 N–H and O–H groups in total. The SMILES string of the molecule is CCN1CCN(C(=O)C2CCC(C(=O)Nc3ccc(C)cc3)CC2)CC1. The smallest absolute Gasteiger partial charge is 0.227 e. The highest BCUT2D eigenvalue weighted by Gasteiger charge is 2.33. The van der Waals surface area contributed by atoms with Crippen LogP contribution in [-0.2, 0) is 9.59 Å². The second kappa shape index (κ2) is 8.67. The van der Waals surface area contributed by atoms with Crippen molar-refractivity contribution in [2.24, 2.45) is 11.8 Å². The van der Waals surface area contributed by atoms with Gasteiger partial charge >= 0.3 is 0 Å². The third-order valence-corrected chi connectivity index (χ3v) is 5.90. The molecule has 1 aliphatic carbocycles. The molecule has 5 nitrogen and oxygen atoms in total. The molecule has 3 rings (SSSR count). The summed E-state index contributed by atoms with van der Waals surface area (Å²) in [6.45, 7) is 8.92. The van der Waals surface area contributed by atoms with Gasteiger partial charge in [-0.25, -0.2) is 0 Å². The number of anilines is 1. The summed E-state index contributed by atoms with van der Waals surface area (Å²) in [6.07, 6.45) is 3.28. The fourth-order valence-corrected chi connectivity index (χ4v) is 4.03. The highest BCUT2D eigenvalue weighted by atomic mass is 16.2. The molecule has 2 fully saturated rings. The minimum Gasteiger partial charge on any atom is -0.340 e. The second-order valence-corrected chi connectivity index (χ2v) is 7.66. The number of hydrogen-bond acceptors (Lipinski definition) is 3. The number of aryl methyl sites for hydroxylation is 1. The first-order chi connectivity index (χ1) is 12.6. The van der Waals surface area contributed by atoms with Gasteiger partial charge in [-0.15, -0.1) is 0 Å². The van der Waals surface area contributed by atoms with Crippen molar-refractivity contribution in [3.8, 4) is 0 Å². The van der Waals surface area contributed by atoms with E-state index in [1.54, 1.807) is 0 Å². The number of hydrogen-bond donors (Lipinski definition) is 1. The number of nitrogens with one attached hydrogen (secondary N) is 1. The van der Waals surface area contributed by atoms with Gasteiger partial charge in [-0.1, -0.05) is 24.6 Å². The summed E-state index contributed by atoms with van der Waals surface area (Å²) in [5.74, 6) is 0.526. The van der Waals surface area contributed by atoms with Crippen LogP contribution < -0.4 is 5.32 Å². The molecule has 1 saturated carbocycles. The highest BCUT2D eigenvalue weighted by molar-refractivity contribution is 5.92. The molecule has 0 unspecified atom stereocenters. The summed E-state index contributed by atoms with van der Waals surface area (Å²) in [5.41, 5.74) is 2.04. The number of nitrogens with zero attached hydrogens (tertiary/aromatic N) is 2. The van der Waals surface area contributed by atoms with Crippen LogP contribution in [0, 0.1) is 18.8 Å². The Morgan fingerprint density at radius 3 is 2.12 bits per heavy atom. The zero-order valence-corrected chi connectivity index (χ0v) is 16.0. The molecule has 26 heavy (non-hydrogen) atoms. The van der Waals surface area contributed by atoms with Crippen molar-refractivity contribution in [1.29, 1.82) is 0 Å². The summed E-state index contributed by atoms with van der Waals surface area (Å²) >= 11 is 0. The fourth-order valence-electron chi connectivity index (χ4n) is 4.03. The summed E-state index contributed by atoms with van der Waals surface area (Å²) < 4.78 is 0. The standard InChI is InChI=1S/C21H31N3O2/c1-3-23-12-14-24(15-13-23)21(26)18-8-6-17(7-9-18)20(25)22-19-10-4-16(2)5-11-19/h4-5,10-11,17-18H,3,6-9,12-15H2,1-2H3,(H,22,25). The molecular formula is C21H31N3O2. The second-order valence-electron chi connectivity index (χ2n) is 7.66. The quantitative estimate of drug-likeness (QED) is 0.901. The van der Waals surface area contributed by atoms with Crippen molar-refractivity contribution in [1.82, 2.24) is 9.80 Å². The number of rotatable bonds is 4. The number of likely N-dealkylation sites (N-methyl/N-ethyl adjacent to an activating group) is 1. The van der Waals surface area contributed by atoms with Crippen molar-refractivity contribution in [2.45, 2.75) is 39.5 Å². The lowest BCUT2D eigenvalue weighted by Gasteiger charge is -2.37. The molecule has 1 aromatic carbocycles. The molecule has 1 aromatic rings. The highest BCUT2D eigenvalue weighted by Crippen LogP contribution is 2.31. The normalized spacial score (nSPS) is 24.3. The van der Waals surface area contributed by atoms with E-state index in [0.29, 0.717) is 5.91 Å². The lowest BCUT2D eigenvalue weighted by atomic mass is 9.80. The molecule has 5 heteroatoms. The number of carbonyl (C=O) groups is 2. The van der Waals surface area contributed by atoms with E-state index in [1.807, 2.05) is 36.1 Å². The van der Waals surface area contributed by atoms with Crippen LogP contribution in [0.2, 0.25) is 0 Å². The Hall–Kier alpha value is -1.88. The molecule has 0 aromatic heterocycles. The molecule has 1 saturated heterocycles. The summed E-state index contributed by atoms with van der Waals surface area (Å²) in [7, 11) is 0. The van der Waals surface area contributed by atoms with Crippen molar-refractivity contribution >= 4 is 17.5 Å².